The number of aryl methyl sites for hydroxylation is 3. The predicted octanol–water partition coefficient (Wildman–Crippen LogP) is 2.69. The Labute approximate surface area is 137 Å². The molecule has 0 saturated carbocycles. The summed E-state index contributed by atoms with van der Waals surface area (Å²) in [6, 6.07) is 6.36. The monoisotopic (exact) mass is 312 g/mol. The average Bonchev–Trinajstić information content (AvgIpc) is 2.92. The Morgan fingerprint density at radius 1 is 1.30 bits per heavy atom. The molecular weight excluding hydrogens is 288 g/mol. The Kier molecular flexibility index (Phi) is 4.74. The summed E-state index contributed by atoms with van der Waals surface area (Å²) in [6.07, 6.45) is 7.04. The lowest BCUT2D eigenvalue weighted by atomic mass is 10.0. The zero-order valence-corrected chi connectivity index (χ0v) is 13.9. The van der Waals surface area contributed by atoms with Crippen molar-refractivity contribution in [2.45, 2.75) is 45.6 Å². The van der Waals surface area contributed by atoms with Gasteiger partial charge >= 0.3 is 0 Å². The fraction of sp³-hybridized carbons (Fsp3) is 0.500. The largest absolute Gasteiger partial charge is 0.341 e. The summed E-state index contributed by atoms with van der Waals surface area (Å²) < 4.78 is 2.09. The molecule has 1 saturated heterocycles. The predicted molar refractivity (Wildman–Crippen MR) is 89.1 cm³/mol. The van der Waals surface area contributed by atoms with E-state index >= 15 is 0 Å². The highest BCUT2D eigenvalue weighted by Gasteiger charge is 2.25. The molecule has 1 unspecified atom stereocenters. The summed E-state index contributed by atoms with van der Waals surface area (Å²) >= 11 is 0. The van der Waals surface area contributed by atoms with Gasteiger partial charge in [0, 0.05) is 37.6 Å². The van der Waals surface area contributed by atoms with Gasteiger partial charge in [-0.2, -0.15) is 5.10 Å². The first-order valence-corrected chi connectivity index (χ1v) is 8.33. The van der Waals surface area contributed by atoms with Gasteiger partial charge in [-0.15, -0.1) is 0 Å². The van der Waals surface area contributed by atoms with E-state index in [2.05, 4.69) is 27.8 Å². The minimum Gasteiger partial charge on any atom is -0.341 e. The molecule has 1 aliphatic heterocycles. The van der Waals surface area contributed by atoms with Gasteiger partial charge in [0.25, 0.3) is 0 Å². The van der Waals surface area contributed by atoms with Crippen LogP contribution in [0.25, 0.3) is 0 Å². The van der Waals surface area contributed by atoms with E-state index in [0.29, 0.717) is 12.5 Å². The van der Waals surface area contributed by atoms with Crippen LogP contribution in [0.15, 0.2) is 30.6 Å². The first-order valence-electron chi connectivity index (χ1n) is 8.33. The van der Waals surface area contributed by atoms with Crippen LogP contribution in [0.3, 0.4) is 0 Å². The number of hydrogen-bond donors (Lipinski definition) is 0. The molecule has 122 valence electrons. The Morgan fingerprint density at radius 3 is 2.78 bits per heavy atom. The maximum absolute atomic E-state index is 12.5. The second kappa shape index (κ2) is 6.94. The molecule has 3 rings (SSSR count). The number of aromatic nitrogens is 3. The fourth-order valence-electron chi connectivity index (χ4n) is 3.36. The van der Waals surface area contributed by atoms with E-state index in [4.69, 9.17) is 0 Å². The lowest BCUT2D eigenvalue weighted by Crippen LogP contribution is -2.41. The molecule has 5 nitrogen and oxygen atoms in total. The zero-order valence-electron chi connectivity index (χ0n) is 13.9. The van der Waals surface area contributed by atoms with Crippen LogP contribution in [-0.2, 0) is 11.2 Å². The van der Waals surface area contributed by atoms with Crippen molar-refractivity contribution >= 4 is 5.91 Å². The Hall–Kier alpha value is -2.17. The normalized spacial score (nSPS) is 18.2. The van der Waals surface area contributed by atoms with E-state index in [-0.39, 0.29) is 5.91 Å². The van der Waals surface area contributed by atoms with E-state index in [1.165, 1.54) is 11.3 Å². The standard InChI is InChI=1S/C18H24N4O/c1-14-12-15(2)22(20-14)17-4-3-11-21(13-17)18(23)6-5-16-7-9-19-10-8-16/h7-10,12,17H,3-6,11,13H2,1-2H3. The fourth-order valence-corrected chi connectivity index (χ4v) is 3.36. The van der Waals surface area contributed by atoms with Gasteiger partial charge in [0.1, 0.15) is 0 Å². The van der Waals surface area contributed by atoms with Gasteiger partial charge in [-0.25, -0.2) is 0 Å². The summed E-state index contributed by atoms with van der Waals surface area (Å²) in [5, 5.41) is 4.59. The molecule has 2 aromatic heterocycles. The minimum absolute atomic E-state index is 0.244. The number of pyridine rings is 1. The van der Waals surface area contributed by atoms with Crippen LogP contribution in [0.1, 0.15) is 42.3 Å². The van der Waals surface area contributed by atoms with E-state index in [1.54, 1.807) is 12.4 Å². The summed E-state index contributed by atoms with van der Waals surface area (Å²) in [7, 11) is 0. The van der Waals surface area contributed by atoms with Crippen molar-refractivity contribution < 1.29 is 4.79 Å². The smallest absolute Gasteiger partial charge is 0.222 e. The van der Waals surface area contributed by atoms with Crippen molar-refractivity contribution in [3.63, 3.8) is 0 Å². The van der Waals surface area contributed by atoms with Gasteiger partial charge in [0.05, 0.1) is 11.7 Å². The van der Waals surface area contributed by atoms with E-state index in [0.717, 1.165) is 38.0 Å². The molecule has 0 radical (unpaired) electrons. The number of rotatable bonds is 4. The van der Waals surface area contributed by atoms with Crippen molar-refractivity contribution in [3.8, 4) is 0 Å². The van der Waals surface area contributed by atoms with E-state index < -0.39 is 0 Å². The number of piperidine rings is 1. The number of hydrogen-bond acceptors (Lipinski definition) is 3. The molecule has 1 fully saturated rings. The first kappa shape index (κ1) is 15.7. The quantitative estimate of drug-likeness (QED) is 0.872. The molecule has 5 heteroatoms. The van der Waals surface area contributed by atoms with Gasteiger partial charge in [0.15, 0.2) is 0 Å². The molecule has 23 heavy (non-hydrogen) atoms. The molecule has 0 N–H and O–H groups in total. The van der Waals surface area contributed by atoms with Gasteiger partial charge in [-0.1, -0.05) is 0 Å². The maximum Gasteiger partial charge on any atom is 0.222 e. The lowest BCUT2D eigenvalue weighted by Gasteiger charge is -2.33. The molecular formula is C18H24N4O. The summed E-state index contributed by atoms with van der Waals surface area (Å²) in [5.41, 5.74) is 3.39. The van der Waals surface area contributed by atoms with Crippen LogP contribution in [0.2, 0.25) is 0 Å². The Morgan fingerprint density at radius 2 is 2.09 bits per heavy atom. The zero-order chi connectivity index (χ0) is 16.2. The second-order valence-corrected chi connectivity index (χ2v) is 6.36. The van der Waals surface area contributed by atoms with Crippen molar-refractivity contribution in [2.75, 3.05) is 13.1 Å². The van der Waals surface area contributed by atoms with Gasteiger partial charge in [0.2, 0.25) is 5.91 Å². The number of amides is 1. The van der Waals surface area contributed by atoms with Crippen LogP contribution >= 0.6 is 0 Å². The number of carbonyl (C=O) groups is 1. The van der Waals surface area contributed by atoms with Crippen LogP contribution in [0.5, 0.6) is 0 Å². The number of likely N-dealkylation sites (tertiary alicyclic amines) is 1. The van der Waals surface area contributed by atoms with Gasteiger partial charge < -0.3 is 4.90 Å². The van der Waals surface area contributed by atoms with Crippen molar-refractivity contribution in [2.24, 2.45) is 0 Å². The van der Waals surface area contributed by atoms with Crippen LogP contribution in [0, 0.1) is 13.8 Å². The van der Waals surface area contributed by atoms with Crippen LogP contribution < -0.4 is 0 Å². The summed E-state index contributed by atoms with van der Waals surface area (Å²) in [4.78, 5) is 18.5. The molecule has 3 heterocycles. The molecule has 0 bridgehead atoms. The van der Waals surface area contributed by atoms with E-state index in [9.17, 15) is 4.79 Å². The molecule has 1 aliphatic rings. The van der Waals surface area contributed by atoms with Gasteiger partial charge in [-0.05, 0) is 56.9 Å². The third-order valence-corrected chi connectivity index (χ3v) is 4.52. The number of carbonyl (C=O) groups excluding carboxylic acids is 1. The average molecular weight is 312 g/mol. The van der Waals surface area contributed by atoms with E-state index in [1.807, 2.05) is 24.0 Å². The summed E-state index contributed by atoms with van der Waals surface area (Å²) in [5.74, 6) is 0.244. The topological polar surface area (TPSA) is 51.0 Å². The molecule has 1 amide bonds. The SMILES string of the molecule is Cc1cc(C)n(C2CCCN(C(=O)CCc3ccncc3)C2)n1. The van der Waals surface area contributed by atoms with Crippen molar-refractivity contribution in [3.05, 3.63) is 47.5 Å². The van der Waals surface area contributed by atoms with Crippen molar-refractivity contribution in [1.29, 1.82) is 0 Å². The highest BCUT2D eigenvalue weighted by Crippen LogP contribution is 2.23. The molecule has 0 aliphatic carbocycles. The molecule has 0 spiro atoms. The summed E-state index contributed by atoms with van der Waals surface area (Å²) in [6.45, 7) is 5.75. The maximum atomic E-state index is 12.5. The van der Waals surface area contributed by atoms with Crippen LogP contribution in [-0.4, -0.2) is 38.7 Å². The lowest BCUT2D eigenvalue weighted by molar-refractivity contribution is -0.132. The Balaban J connectivity index is 1.59. The molecule has 1 atom stereocenters. The van der Waals surface area contributed by atoms with Crippen LogP contribution in [0.4, 0.5) is 0 Å². The molecule has 2 aromatic rings. The Bertz CT molecular complexity index is 665. The second-order valence-electron chi connectivity index (χ2n) is 6.36. The molecule has 0 aromatic carbocycles. The third-order valence-electron chi connectivity index (χ3n) is 4.52. The highest BCUT2D eigenvalue weighted by atomic mass is 16.2. The number of nitrogens with zero attached hydrogens (tertiary/aromatic N) is 4. The third kappa shape index (κ3) is 3.78. The highest BCUT2D eigenvalue weighted by molar-refractivity contribution is 5.76. The van der Waals surface area contributed by atoms with Gasteiger partial charge in [-0.3, -0.25) is 14.5 Å². The minimum atomic E-state index is 0.244. The first-order chi connectivity index (χ1) is 11.1. The van der Waals surface area contributed by atoms with Crippen molar-refractivity contribution in [1.82, 2.24) is 19.7 Å².